The van der Waals surface area contributed by atoms with Gasteiger partial charge in [0.05, 0.1) is 6.10 Å². The maximum Gasteiger partial charge on any atom is 0.216 e. The molecule has 0 saturated heterocycles. The summed E-state index contributed by atoms with van der Waals surface area (Å²) in [4.78, 5) is 10.6. The number of aliphatic hydroxyl groups excluding tert-OH is 1. The number of thiazole rings is 1. The fourth-order valence-corrected chi connectivity index (χ4v) is 3.03. The lowest BCUT2D eigenvalue weighted by Crippen LogP contribution is -2.01. The van der Waals surface area contributed by atoms with Crippen molar-refractivity contribution in [2.24, 2.45) is 0 Å². The Bertz CT molecular complexity index is 670. The molecule has 186 valence electrons. The minimum absolute atomic E-state index is 0. The number of benzene rings is 1. The molecule has 0 radical (unpaired) electrons. The predicted molar refractivity (Wildman–Crippen MR) is 143 cm³/mol. The van der Waals surface area contributed by atoms with Gasteiger partial charge in [0.1, 0.15) is 0 Å². The number of nitrogens with zero attached hydrogens (tertiary/aromatic N) is 1. The summed E-state index contributed by atoms with van der Waals surface area (Å²) >= 11 is 1.54. The summed E-state index contributed by atoms with van der Waals surface area (Å²) < 4.78 is 5.11. The lowest BCUT2D eigenvalue weighted by molar-refractivity contribution is 0.109. The first kappa shape index (κ1) is 32.3. The van der Waals surface area contributed by atoms with Crippen LogP contribution in [0.3, 0.4) is 0 Å². The van der Waals surface area contributed by atoms with Gasteiger partial charge in [-0.3, -0.25) is 0 Å². The van der Waals surface area contributed by atoms with Crippen molar-refractivity contribution in [2.75, 3.05) is 19.2 Å². The zero-order valence-electron chi connectivity index (χ0n) is 21.5. The molecule has 6 heteroatoms. The Labute approximate surface area is 202 Å². The van der Waals surface area contributed by atoms with Crippen LogP contribution in [0.25, 0.3) is 5.76 Å². The summed E-state index contributed by atoms with van der Waals surface area (Å²) in [5, 5.41) is 8.30. The minimum atomic E-state index is 0. The first-order valence-electron chi connectivity index (χ1n) is 11.7. The van der Waals surface area contributed by atoms with Gasteiger partial charge in [0.15, 0.2) is 5.76 Å². The van der Waals surface area contributed by atoms with Crippen LogP contribution in [0, 0.1) is 13.8 Å². The van der Waals surface area contributed by atoms with Crippen LogP contribution in [-0.4, -0.2) is 29.9 Å². The van der Waals surface area contributed by atoms with Crippen molar-refractivity contribution in [3.05, 3.63) is 53.0 Å². The second-order valence-electron chi connectivity index (χ2n) is 6.93. The summed E-state index contributed by atoms with van der Waals surface area (Å²) in [5.74, 6) is 0.581. The molecule has 1 heterocycles. The summed E-state index contributed by atoms with van der Waals surface area (Å²) in [7, 11) is 1.80. The van der Waals surface area contributed by atoms with Gasteiger partial charge in [-0.1, -0.05) is 94.7 Å². The molecule has 1 aromatic heterocycles. The number of nitrogens with one attached hydrogen (secondary N) is 1. The standard InChI is InChI=1S/C13H14N2OS.C6H12O.C3H8.C2H6O.C2H6.H2/c1-9-4-6-12(7-5-9)11(3)16-15-13-14-8-10(2)17-13;1-7-6-4-2-3-5-6;1-3-2;1-2-3;1-2;/h4-8H,3H2,1-2H3,(H,14,15);6H,2-5H2,1H3;3H2,1-2H3;3H,2H2,1H3;1-2H3;1H. The van der Waals surface area contributed by atoms with Crippen LogP contribution in [0.15, 0.2) is 37.0 Å². The Morgan fingerprint density at radius 2 is 1.66 bits per heavy atom. The first-order valence-corrected chi connectivity index (χ1v) is 12.5. The second-order valence-corrected chi connectivity index (χ2v) is 8.17. The fourth-order valence-electron chi connectivity index (χ4n) is 2.43. The van der Waals surface area contributed by atoms with E-state index in [9.17, 15) is 0 Å². The number of methoxy groups -OCH3 is 1. The molecule has 0 unspecified atom stereocenters. The van der Waals surface area contributed by atoms with Gasteiger partial charge in [-0.15, -0.1) is 0 Å². The van der Waals surface area contributed by atoms with Crippen LogP contribution >= 0.6 is 11.3 Å². The van der Waals surface area contributed by atoms with Crippen molar-refractivity contribution in [3.63, 3.8) is 0 Å². The quantitative estimate of drug-likeness (QED) is 0.343. The van der Waals surface area contributed by atoms with Gasteiger partial charge in [-0.25, -0.2) is 4.98 Å². The van der Waals surface area contributed by atoms with Crippen LogP contribution in [0.1, 0.15) is 84.2 Å². The third-order valence-electron chi connectivity index (χ3n) is 3.89. The largest absolute Gasteiger partial charge is 0.397 e. The van der Waals surface area contributed by atoms with E-state index in [1.807, 2.05) is 52.0 Å². The Morgan fingerprint density at radius 1 is 1.16 bits per heavy atom. The number of aromatic nitrogens is 1. The molecule has 0 bridgehead atoms. The monoisotopic (exact) mass is 468 g/mol. The van der Waals surface area contributed by atoms with Crippen molar-refractivity contribution in [3.8, 4) is 0 Å². The molecule has 1 aromatic carbocycles. The van der Waals surface area contributed by atoms with Gasteiger partial charge in [0.25, 0.3) is 0 Å². The number of rotatable bonds is 5. The van der Waals surface area contributed by atoms with Crippen molar-refractivity contribution >= 4 is 22.2 Å². The Balaban J connectivity index is -0.000000468. The molecule has 1 saturated carbocycles. The molecule has 2 N–H and O–H groups in total. The topological polar surface area (TPSA) is 63.6 Å². The SMILES string of the molecule is C=C(ONc1ncc(C)s1)c1ccc(C)cc1.CC.CCC.CCO.COC1CCCC1.[HH]. The number of hydrogen-bond acceptors (Lipinski definition) is 6. The fraction of sp³-hybridized carbons (Fsp3) is 0.577. The molecule has 32 heavy (non-hydrogen) atoms. The summed E-state index contributed by atoms with van der Waals surface area (Å²) in [6.07, 6.45) is 8.97. The van der Waals surface area contributed by atoms with Gasteiger partial charge in [-0.05, 0) is 33.6 Å². The average molecular weight is 469 g/mol. The minimum Gasteiger partial charge on any atom is -0.397 e. The van der Waals surface area contributed by atoms with Gasteiger partial charge in [0, 0.05) is 31.8 Å². The highest BCUT2D eigenvalue weighted by Crippen LogP contribution is 2.20. The van der Waals surface area contributed by atoms with Crippen molar-refractivity contribution < 1.29 is 16.1 Å². The number of aliphatic hydroxyl groups is 1. The molecule has 2 aromatic rings. The molecule has 0 amide bonds. The summed E-state index contributed by atoms with van der Waals surface area (Å²) in [6.45, 7) is 18.1. The van der Waals surface area contributed by atoms with E-state index in [-0.39, 0.29) is 8.03 Å². The van der Waals surface area contributed by atoms with Gasteiger partial charge in [0.2, 0.25) is 5.13 Å². The average Bonchev–Trinajstić information content (AvgIpc) is 3.47. The molecule has 0 atom stereocenters. The van der Waals surface area contributed by atoms with E-state index in [0.717, 1.165) is 15.6 Å². The second kappa shape index (κ2) is 22.3. The Morgan fingerprint density at radius 3 is 2.03 bits per heavy atom. The number of hydrogen-bond donors (Lipinski definition) is 2. The van der Waals surface area contributed by atoms with Crippen molar-refractivity contribution in [2.45, 2.75) is 86.7 Å². The number of aryl methyl sites for hydroxylation is 2. The highest BCUT2D eigenvalue weighted by Gasteiger charge is 2.12. The predicted octanol–water partition coefficient (Wildman–Crippen LogP) is 8.04. The highest BCUT2D eigenvalue weighted by molar-refractivity contribution is 7.15. The maximum atomic E-state index is 7.57. The zero-order chi connectivity index (χ0) is 24.8. The van der Waals surface area contributed by atoms with E-state index in [0.29, 0.717) is 11.9 Å². The lowest BCUT2D eigenvalue weighted by atomic mass is 10.1. The molecule has 0 spiro atoms. The van der Waals surface area contributed by atoms with Crippen molar-refractivity contribution in [1.29, 1.82) is 0 Å². The van der Waals surface area contributed by atoms with Crippen LogP contribution in [0.5, 0.6) is 0 Å². The van der Waals surface area contributed by atoms with Crippen LogP contribution < -0.4 is 5.48 Å². The lowest BCUT2D eigenvalue weighted by Gasteiger charge is -2.08. The van der Waals surface area contributed by atoms with Gasteiger partial charge < -0.3 is 14.7 Å². The molecular weight excluding hydrogens is 420 g/mol. The summed E-state index contributed by atoms with van der Waals surface area (Å²) in [6, 6.07) is 8.01. The van der Waals surface area contributed by atoms with Crippen LogP contribution in [0.2, 0.25) is 0 Å². The number of anilines is 1. The molecule has 3 rings (SSSR count). The third-order valence-corrected chi connectivity index (χ3v) is 4.70. The molecule has 1 aliphatic carbocycles. The van der Waals surface area contributed by atoms with E-state index in [4.69, 9.17) is 14.7 Å². The smallest absolute Gasteiger partial charge is 0.216 e. The highest BCUT2D eigenvalue weighted by atomic mass is 32.1. The van der Waals surface area contributed by atoms with Crippen LogP contribution in [-0.2, 0) is 9.57 Å². The zero-order valence-corrected chi connectivity index (χ0v) is 22.3. The Kier molecular flexibility index (Phi) is 22.5. The first-order chi connectivity index (χ1) is 15.4. The number of ether oxygens (including phenoxy) is 1. The van der Waals surface area contributed by atoms with E-state index in [1.165, 1.54) is 49.0 Å². The Hall–Kier alpha value is -1.89. The third kappa shape index (κ3) is 16.8. The molecule has 1 aliphatic rings. The van der Waals surface area contributed by atoms with E-state index in [1.54, 1.807) is 20.2 Å². The van der Waals surface area contributed by atoms with E-state index in [2.05, 4.69) is 30.9 Å². The maximum absolute atomic E-state index is 7.57. The molecule has 5 nitrogen and oxygen atoms in total. The van der Waals surface area contributed by atoms with E-state index >= 15 is 0 Å². The van der Waals surface area contributed by atoms with Gasteiger partial charge >= 0.3 is 0 Å². The van der Waals surface area contributed by atoms with Crippen LogP contribution in [0.4, 0.5) is 5.13 Å². The van der Waals surface area contributed by atoms with Gasteiger partial charge in [-0.2, -0.15) is 5.48 Å². The molecule has 0 aliphatic heterocycles. The summed E-state index contributed by atoms with van der Waals surface area (Å²) in [5.41, 5.74) is 4.95. The van der Waals surface area contributed by atoms with E-state index < -0.39 is 0 Å². The molecular formula is C26H48N2O3S. The molecule has 1 fully saturated rings. The normalized spacial score (nSPS) is 11.8. The van der Waals surface area contributed by atoms with Crippen molar-refractivity contribution in [1.82, 2.24) is 4.98 Å².